The van der Waals surface area contributed by atoms with E-state index >= 15 is 0 Å². The quantitative estimate of drug-likeness (QED) is 0.580. The van der Waals surface area contributed by atoms with Crippen LogP contribution in [0.2, 0.25) is 0 Å². The van der Waals surface area contributed by atoms with E-state index in [2.05, 4.69) is 25.7 Å². The molecule has 0 N–H and O–H groups in total. The van der Waals surface area contributed by atoms with Crippen molar-refractivity contribution in [1.82, 2.24) is 9.80 Å². The molecule has 2 aliphatic rings. The first-order chi connectivity index (χ1) is 6.48. The Labute approximate surface area is 84.8 Å². The molecule has 2 heterocycles. The SMILES string of the molecule is CC(C)(C)N1CCN2C(=O)OC[C@@H]2C1. The summed E-state index contributed by atoms with van der Waals surface area (Å²) in [7, 11) is 0. The normalized spacial score (nSPS) is 28.9. The highest BCUT2D eigenvalue weighted by molar-refractivity contribution is 5.70. The van der Waals surface area contributed by atoms with Crippen LogP contribution in [-0.2, 0) is 4.74 Å². The van der Waals surface area contributed by atoms with Crippen molar-refractivity contribution in [2.24, 2.45) is 0 Å². The highest BCUT2D eigenvalue weighted by Gasteiger charge is 2.39. The summed E-state index contributed by atoms with van der Waals surface area (Å²) in [6.07, 6.45) is -0.136. The first-order valence-electron chi connectivity index (χ1n) is 5.17. The Bertz CT molecular complexity index is 247. The van der Waals surface area contributed by atoms with Crippen molar-refractivity contribution < 1.29 is 9.53 Å². The van der Waals surface area contributed by atoms with E-state index in [1.54, 1.807) is 0 Å². The predicted octanol–water partition coefficient (Wildman–Crippen LogP) is 0.921. The number of carbonyl (C=O) groups excluding carboxylic acids is 1. The molecule has 0 saturated carbocycles. The molecule has 0 aromatic rings. The van der Waals surface area contributed by atoms with Gasteiger partial charge in [-0.1, -0.05) is 0 Å². The third kappa shape index (κ3) is 1.59. The minimum absolute atomic E-state index is 0.136. The summed E-state index contributed by atoms with van der Waals surface area (Å²) in [6, 6.07) is 0.274. The number of amides is 1. The van der Waals surface area contributed by atoms with Crippen molar-refractivity contribution in [2.45, 2.75) is 32.4 Å². The molecule has 0 aliphatic carbocycles. The minimum atomic E-state index is -0.136. The largest absolute Gasteiger partial charge is 0.447 e. The van der Waals surface area contributed by atoms with Gasteiger partial charge in [0.15, 0.2) is 0 Å². The van der Waals surface area contributed by atoms with Crippen LogP contribution in [0, 0.1) is 0 Å². The summed E-state index contributed by atoms with van der Waals surface area (Å²) < 4.78 is 5.02. The lowest BCUT2D eigenvalue weighted by Gasteiger charge is -2.43. The molecule has 80 valence electrons. The van der Waals surface area contributed by atoms with Crippen LogP contribution >= 0.6 is 0 Å². The average Bonchev–Trinajstić information content (AvgIpc) is 2.46. The highest BCUT2D eigenvalue weighted by Crippen LogP contribution is 2.23. The molecule has 4 nitrogen and oxygen atoms in total. The van der Waals surface area contributed by atoms with E-state index < -0.39 is 0 Å². The van der Waals surface area contributed by atoms with Gasteiger partial charge in [0.2, 0.25) is 0 Å². The van der Waals surface area contributed by atoms with Gasteiger partial charge in [0.25, 0.3) is 0 Å². The second-order valence-electron chi connectivity index (χ2n) is 5.04. The number of hydrogen-bond acceptors (Lipinski definition) is 3. The van der Waals surface area contributed by atoms with E-state index in [0.717, 1.165) is 19.6 Å². The lowest BCUT2D eigenvalue weighted by Crippen LogP contribution is -2.57. The number of piperazine rings is 1. The number of hydrogen-bond donors (Lipinski definition) is 0. The minimum Gasteiger partial charge on any atom is -0.447 e. The molecule has 14 heavy (non-hydrogen) atoms. The zero-order valence-electron chi connectivity index (χ0n) is 9.12. The van der Waals surface area contributed by atoms with Crippen molar-refractivity contribution >= 4 is 6.09 Å². The van der Waals surface area contributed by atoms with E-state index in [9.17, 15) is 4.79 Å². The van der Waals surface area contributed by atoms with Gasteiger partial charge in [0.1, 0.15) is 6.61 Å². The Morgan fingerprint density at radius 1 is 1.36 bits per heavy atom. The Morgan fingerprint density at radius 3 is 2.71 bits per heavy atom. The molecular weight excluding hydrogens is 180 g/mol. The van der Waals surface area contributed by atoms with E-state index in [0.29, 0.717) is 6.61 Å². The summed E-state index contributed by atoms with van der Waals surface area (Å²) in [5, 5.41) is 0. The Hall–Kier alpha value is -0.770. The Kier molecular flexibility index (Phi) is 2.18. The maximum atomic E-state index is 11.3. The number of fused-ring (bicyclic) bond motifs is 1. The molecule has 1 amide bonds. The summed E-state index contributed by atoms with van der Waals surface area (Å²) in [5.74, 6) is 0. The number of cyclic esters (lactones) is 1. The second kappa shape index (κ2) is 3.12. The van der Waals surface area contributed by atoms with Crippen LogP contribution in [0.3, 0.4) is 0 Å². The highest BCUT2D eigenvalue weighted by atomic mass is 16.6. The first-order valence-corrected chi connectivity index (χ1v) is 5.17. The zero-order chi connectivity index (χ0) is 10.3. The number of carbonyl (C=O) groups is 1. The molecule has 0 radical (unpaired) electrons. The molecule has 0 aromatic carbocycles. The summed E-state index contributed by atoms with van der Waals surface area (Å²) >= 11 is 0. The first kappa shape index (κ1) is 9.77. The lowest BCUT2D eigenvalue weighted by atomic mass is 10.0. The van der Waals surface area contributed by atoms with Crippen LogP contribution in [-0.4, -0.2) is 53.7 Å². The van der Waals surface area contributed by atoms with Gasteiger partial charge in [-0.05, 0) is 20.8 Å². The van der Waals surface area contributed by atoms with Gasteiger partial charge in [0.05, 0.1) is 6.04 Å². The molecule has 1 atom stereocenters. The fourth-order valence-electron chi connectivity index (χ4n) is 2.10. The maximum absolute atomic E-state index is 11.3. The monoisotopic (exact) mass is 198 g/mol. The van der Waals surface area contributed by atoms with Crippen molar-refractivity contribution in [3.05, 3.63) is 0 Å². The predicted molar refractivity (Wildman–Crippen MR) is 53.2 cm³/mol. The van der Waals surface area contributed by atoms with Gasteiger partial charge in [-0.2, -0.15) is 0 Å². The maximum Gasteiger partial charge on any atom is 0.410 e. The Balaban J connectivity index is 2.03. The zero-order valence-corrected chi connectivity index (χ0v) is 9.12. The lowest BCUT2D eigenvalue weighted by molar-refractivity contribution is 0.0558. The molecule has 2 aliphatic heterocycles. The van der Waals surface area contributed by atoms with Crippen LogP contribution in [0.15, 0.2) is 0 Å². The van der Waals surface area contributed by atoms with Crippen molar-refractivity contribution in [3.63, 3.8) is 0 Å². The average molecular weight is 198 g/mol. The molecule has 2 fully saturated rings. The van der Waals surface area contributed by atoms with Crippen LogP contribution in [0.25, 0.3) is 0 Å². The second-order valence-corrected chi connectivity index (χ2v) is 5.04. The summed E-state index contributed by atoms with van der Waals surface area (Å²) in [5.41, 5.74) is 0.192. The molecule has 0 spiro atoms. The molecule has 0 aromatic heterocycles. The van der Waals surface area contributed by atoms with Gasteiger partial charge in [-0.3, -0.25) is 9.80 Å². The van der Waals surface area contributed by atoms with Crippen molar-refractivity contribution in [3.8, 4) is 0 Å². The molecule has 2 rings (SSSR count). The van der Waals surface area contributed by atoms with Crippen LogP contribution < -0.4 is 0 Å². The van der Waals surface area contributed by atoms with Gasteiger partial charge in [-0.25, -0.2) is 4.79 Å². The van der Waals surface area contributed by atoms with Gasteiger partial charge in [0, 0.05) is 25.2 Å². The third-order valence-electron chi connectivity index (χ3n) is 3.07. The van der Waals surface area contributed by atoms with Gasteiger partial charge < -0.3 is 4.74 Å². The van der Waals surface area contributed by atoms with E-state index in [4.69, 9.17) is 4.74 Å². The van der Waals surface area contributed by atoms with Crippen LogP contribution in [0.4, 0.5) is 4.79 Å². The fraction of sp³-hybridized carbons (Fsp3) is 0.900. The van der Waals surface area contributed by atoms with E-state index in [1.165, 1.54) is 0 Å². The van der Waals surface area contributed by atoms with Gasteiger partial charge in [-0.15, -0.1) is 0 Å². The molecule has 0 unspecified atom stereocenters. The molecule has 0 bridgehead atoms. The molecule has 4 heteroatoms. The van der Waals surface area contributed by atoms with Crippen molar-refractivity contribution in [1.29, 1.82) is 0 Å². The van der Waals surface area contributed by atoms with E-state index in [-0.39, 0.29) is 17.7 Å². The van der Waals surface area contributed by atoms with E-state index in [1.807, 2.05) is 4.90 Å². The van der Waals surface area contributed by atoms with Crippen molar-refractivity contribution in [2.75, 3.05) is 26.2 Å². The fourth-order valence-corrected chi connectivity index (χ4v) is 2.10. The van der Waals surface area contributed by atoms with Gasteiger partial charge >= 0.3 is 6.09 Å². The molecular formula is C10H18N2O2. The van der Waals surface area contributed by atoms with Crippen LogP contribution in [0.5, 0.6) is 0 Å². The Morgan fingerprint density at radius 2 is 2.07 bits per heavy atom. The number of ether oxygens (including phenoxy) is 1. The topological polar surface area (TPSA) is 32.8 Å². The summed E-state index contributed by atoms with van der Waals surface area (Å²) in [4.78, 5) is 15.5. The smallest absolute Gasteiger partial charge is 0.410 e. The standard InChI is InChI=1S/C10H18N2O2/c1-10(2,3)11-4-5-12-8(6-11)7-14-9(12)13/h8H,4-7H2,1-3H3/t8-/m0/s1. The third-order valence-corrected chi connectivity index (χ3v) is 3.07. The summed E-state index contributed by atoms with van der Waals surface area (Å²) in [6.45, 7) is 9.89. The molecule has 2 saturated heterocycles. The number of rotatable bonds is 0. The van der Waals surface area contributed by atoms with Crippen LogP contribution in [0.1, 0.15) is 20.8 Å². The number of nitrogens with zero attached hydrogens (tertiary/aromatic N) is 2.